The van der Waals surface area contributed by atoms with E-state index < -0.39 is 0 Å². The van der Waals surface area contributed by atoms with Gasteiger partial charge in [0.25, 0.3) is 0 Å². The summed E-state index contributed by atoms with van der Waals surface area (Å²) in [5.41, 5.74) is 8.21. The molecule has 0 fully saturated rings. The fourth-order valence-corrected chi connectivity index (χ4v) is 2.72. The molecule has 100 valence electrons. The normalized spacial score (nSPS) is 10.5. The summed E-state index contributed by atoms with van der Waals surface area (Å²) in [5.74, 6) is 1.59. The average molecular weight is 295 g/mol. The quantitative estimate of drug-likeness (QED) is 0.686. The lowest BCUT2D eigenvalue weighted by Crippen LogP contribution is -1.93. The highest BCUT2D eigenvalue weighted by Gasteiger charge is 2.03. The molecule has 0 amide bonds. The van der Waals surface area contributed by atoms with Crippen LogP contribution in [0.2, 0.25) is 5.02 Å². The summed E-state index contributed by atoms with van der Waals surface area (Å²) >= 11 is 7.66. The van der Waals surface area contributed by atoms with Crippen LogP contribution in [-0.4, -0.2) is 12.1 Å². The number of methoxy groups -OCH3 is 1. The van der Waals surface area contributed by atoms with Gasteiger partial charge in [0.15, 0.2) is 0 Å². The summed E-state index contributed by atoms with van der Waals surface area (Å²) < 4.78 is 5.24. The van der Waals surface area contributed by atoms with Crippen LogP contribution in [0.1, 0.15) is 11.4 Å². The Morgan fingerprint density at radius 2 is 2.11 bits per heavy atom. The van der Waals surface area contributed by atoms with Crippen molar-refractivity contribution in [2.24, 2.45) is 0 Å². The number of aryl methyl sites for hydroxylation is 1. The molecule has 0 atom stereocenters. The van der Waals surface area contributed by atoms with Gasteiger partial charge in [-0.3, -0.25) is 4.98 Å². The number of nitrogen functional groups attached to an aromatic ring is 1. The van der Waals surface area contributed by atoms with Crippen molar-refractivity contribution in [2.75, 3.05) is 12.8 Å². The lowest BCUT2D eigenvalue weighted by atomic mass is 10.3. The van der Waals surface area contributed by atoms with Gasteiger partial charge in [-0.2, -0.15) is 0 Å². The molecule has 0 aliphatic heterocycles. The minimum atomic E-state index is 0.583. The molecule has 2 aromatic rings. The smallest absolute Gasteiger partial charge is 0.122 e. The molecular formula is C14H15ClN2OS. The Morgan fingerprint density at radius 3 is 2.79 bits per heavy atom. The zero-order valence-electron chi connectivity index (χ0n) is 10.8. The predicted molar refractivity (Wildman–Crippen MR) is 81.0 cm³/mol. The molecule has 2 rings (SSSR count). The van der Waals surface area contributed by atoms with Crippen molar-refractivity contribution < 1.29 is 4.74 Å². The fraction of sp³-hybridized carbons (Fsp3) is 0.214. The molecule has 0 saturated heterocycles. The van der Waals surface area contributed by atoms with E-state index in [1.165, 1.54) is 0 Å². The Labute approximate surface area is 122 Å². The SMILES string of the molecule is COc1cc(C)nc(CSc2ccc(N)c(Cl)c2)c1. The van der Waals surface area contributed by atoms with E-state index >= 15 is 0 Å². The maximum atomic E-state index is 5.99. The molecule has 0 radical (unpaired) electrons. The Bertz CT molecular complexity index is 590. The van der Waals surface area contributed by atoms with E-state index in [4.69, 9.17) is 22.1 Å². The van der Waals surface area contributed by atoms with Crippen molar-refractivity contribution in [2.45, 2.75) is 17.6 Å². The zero-order valence-corrected chi connectivity index (χ0v) is 12.4. The largest absolute Gasteiger partial charge is 0.497 e. The van der Waals surface area contributed by atoms with E-state index in [1.54, 1.807) is 18.9 Å². The Balaban J connectivity index is 2.09. The first-order valence-electron chi connectivity index (χ1n) is 5.78. The molecular weight excluding hydrogens is 280 g/mol. The van der Waals surface area contributed by atoms with E-state index in [2.05, 4.69) is 4.98 Å². The van der Waals surface area contributed by atoms with Crippen LogP contribution in [0.15, 0.2) is 35.2 Å². The third-order valence-corrected chi connectivity index (χ3v) is 3.93. The molecule has 0 bridgehead atoms. The van der Waals surface area contributed by atoms with Crippen molar-refractivity contribution in [1.29, 1.82) is 0 Å². The van der Waals surface area contributed by atoms with E-state index in [1.807, 2.05) is 37.3 Å². The molecule has 0 aliphatic rings. The highest BCUT2D eigenvalue weighted by atomic mass is 35.5. The third kappa shape index (κ3) is 3.78. The van der Waals surface area contributed by atoms with E-state index in [9.17, 15) is 0 Å². The van der Waals surface area contributed by atoms with Crippen molar-refractivity contribution >= 4 is 29.1 Å². The summed E-state index contributed by atoms with van der Waals surface area (Å²) in [7, 11) is 1.66. The van der Waals surface area contributed by atoms with Gasteiger partial charge in [-0.15, -0.1) is 11.8 Å². The molecule has 0 saturated carbocycles. The highest BCUT2D eigenvalue weighted by Crippen LogP contribution is 2.29. The topological polar surface area (TPSA) is 48.1 Å². The molecule has 5 heteroatoms. The number of aromatic nitrogens is 1. The monoisotopic (exact) mass is 294 g/mol. The second-order valence-corrected chi connectivity index (χ2v) is 5.57. The lowest BCUT2D eigenvalue weighted by Gasteiger charge is -2.07. The predicted octanol–water partition coefficient (Wildman–Crippen LogP) is 3.93. The summed E-state index contributed by atoms with van der Waals surface area (Å²) in [6.07, 6.45) is 0. The Hall–Kier alpha value is -1.39. The Kier molecular flexibility index (Phi) is 4.56. The van der Waals surface area contributed by atoms with Gasteiger partial charge in [0.05, 0.1) is 23.5 Å². The van der Waals surface area contributed by atoms with Gasteiger partial charge in [-0.25, -0.2) is 0 Å². The molecule has 1 heterocycles. The zero-order chi connectivity index (χ0) is 13.8. The fourth-order valence-electron chi connectivity index (χ4n) is 1.65. The van der Waals surface area contributed by atoms with Crippen LogP contribution in [0, 0.1) is 6.92 Å². The number of thioether (sulfide) groups is 1. The maximum Gasteiger partial charge on any atom is 0.122 e. The minimum Gasteiger partial charge on any atom is -0.497 e. The van der Waals surface area contributed by atoms with Crippen molar-refractivity contribution in [1.82, 2.24) is 4.98 Å². The van der Waals surface area contributed by atoms with Crippen LogP contribution in [0.4, 0.5) is 5.69 Å². The number of nitrogens with zero attached hydrogens (tertiary/aromatic N) is 1. The lowest BCUT2D eigenvalue weighted by molar-refractivity contribution is 0.413. The van der Waals surface area contributed by atoms with E-state index in [-0.39, 0.29) is 0 Å². The summed E-state index contributed by atoms with van der Waals surface area (Å²) in [5, 5.41) is 0.583. The summed E-state index contributed by atoms with van der Waals surface area (Å²) in [6.45, 7) is 1.96. The van der Waals surface area contributed by atoms with Gasteiger partial charge < -0.3 is 10.5 Å². The minimum absolute atomic E-state index is 0.583. The number of pyridine rings is 1. The van der Waals surface area contributed by atoms with Crippen LogP contribution in [0.3, 0.4) is 0 Å². The summed E-state index contributed by atoms with van der Waals surface area (Å²) in [6, 6.07) is 9.50. The first-order valence-corrected chi connectivity index (χ1v) is 7.14. The maximum absolute atomic E-state index is 5.99. The number of benzene rings is 1. The Morgan fingerprint density at radius 1 is 1.32 bits per heavy atom. The molecule has 1 aromatic heterocycles. The van der Waals surface area contributed by atoms with Gasteiger partial charge >= 0.3 is 0 Å². The van der Waals surface area contributed by atoms with Crippen molar-refractivity contribution in [3.8, 4) is 5.75 Å². The van der Waals surface area contributed by atoms with E-state index in [0.717, 1.165) is 27.8 Å². The third-order valence-electron chi connectivity index (χ3n) is 2.57. The first-order chi connectivity index (χ1) is 9.08. The van der Waals surface area contributed by atoms with Gasteiger partial charge in [-0.05, 0) is 25.1 Å². The van der Waals surface area contributed by atoms with Crippen LogP contribution >= 0.6 is 23.4 Å². The second kappa shape index (κ2) is 6.17. The van der Waals surface area contributed by atoms with Crippen LogP contribution in [0.25, 0.3) is 0 Å². The van der Waals surface area contributed by atoms with Crippen LogP contribution < -0.4 is 10.5 Å². The molecule has 2 N–H and O–H groups in total. The van der Waals surface area contributed by atoms with Crippen LogP contribution in [0.5, 0.6) is 5.75 Å². The van der Waals surface area contributed by atoms with Gasteiger partial charge in [0, 0.05) is 28.5 Å². The van der Waals surface area contributed by atoms with Gasteiger partial charge in [-0.1, -0.05) is 11.6 Å². The molecule has 0 unspecified atom stereocenters. The number of anilines is 1. The van der Waals surface area contributed by atoms with Gasteiger partial charge in [0.1, 0.15) is 5.75 Å². The number of hydrogen-bond donors (Lipinski definition) is 1. The average Bonchev–Trinajstić information content (AvgIpc) is 2.39. The van der Waals surface area contributed by atoms with Crippen LogP contribution in [-0.2, 0) is 5.75 Å². The highest BCUT2D eigenvalue weighted by molar-refractivity contribution is 7.98. The number of ether oxygens (including phenoxy) is 1. The van der Waals surface area contributed by atoms with Gasteiger partial charge in [0.2, 0.25) is 0 Å². The van der Waals surface area contributed by atoms with Crippen molar-refractivity contribution in [3.63, 3.8) is 0 Å². The number of rotatable bonds is 4. The number of nitrogens with two attached hydrogens (primary N) is 1. The molecule has 1 aromatic carbocycles. The standard InChI is InChI=1S/C14H15ClN2OS/c1-9-5-11(18-2)6-10(17-9)8-19-12-3-4-14(16)13(15)7-12/h3-7H,8,16H2,1-2H3. The molecule has 3 nitrogen and oxygen atoms in total. The molecule has 19 heavy (non-hydrogen) atoms. The molecule has 0 aliphatic carbocycles. The second-order valence-electron chi connectivity index (χ2n) is 4.11. The summed E-state index contributed by atoms with van der Waals surface area (Å²) in [4.78, 5) is 5.55. The first kappa shape index (κ1) is 14.0. The number of halogens is 1. The number of hydrogen-bond acceptors (Lipinski definition) is 4. The van der Waals surface area contributed by atoms with E-state index in [0.29, 0.717) is 10.7 Å². The van der Waals surface area contributed by atoms with Crippen molar-refractivity contribution in [3.05, 3.63) is 46.7 Å². The molecule has 0 spiro atoms.